The smallest absolute Gasteiger partial charge is 0.355 e. The van der Waals surface area contributed by atoms with E-state index in [4.69, 9.17) is 15.2 Å². The fourth-order valence-electron chi connectivity index (χ4n) is 3.98. The van der Waals surface area contributed by atoms with Gasteiger partial charge in [0.15, 0.2) is 0 Å². The van der Waals surface area contributed by atoms with Gasteiger partial charge < -0.3 is 20.5 Å². The molecule has 0 aliphatic carbocycles. The molecular formula is C27H28N4O5. The molecule has 9 nitrogen and oxygen atoms in total. The zero-order chi connectivity index (χ0) is 26.4. The van der Waals surface area contributed by atoms with Crippen molar-refractivity contribution in [2.24, 2.45) is 11.7 Å². The Kier molecular flexibility index (Phi) is 8.12. The van der Waals surface area contributed by atoms with Gasteiger partial charge in [0.05, 0.1) is 48.7 Å². The lowest BCUT2D eigenvalue weighted by Crippen LogP contribution is -2.41. The molecule has 1 heterocycles. The van der Waals surface area contributed by atoms with Crippen molar-refractivity contribution in [3.8, 4) is 6.07 Å². The molecule has 2 atom stereocenters. The average Bonchev–Trinajstić information content (AvgIpc) is 2.91. The van der Waals surface area contributed by atoms with Crippen LogP contribution in [-0.2, 0) is 23.9 Å². The Bertz CT molecular complexity index is 1280. The van der Waals surface area contributed by atoms with Crippen LogP contribution in [0.1, 0.15) is 31.7 Å². The van der Waals surface area contributed by atoms with E-state index in [1.165, 1.54) is 19.1 Å². The van der Waals surface area contributed by atoms with Gasteiger partial charge in [0.1, 0.15) is 11.5 Å². The second-order valence-electron chi connectivity index (χ2n) is 8.15. The maximum absolute atomic E-state index is 13.2. The minimum absolute atomic E-state index is 0.0392. The van der Waals surface area contributed by atoms with E-state index in [1.807, 2.05) is 6.92 Å². The third-order valence-electron chi connectivity index (χ3n) is 6.07. The molecule has 0 radical (unpaired) electrons. The highest BCUT2D eigenvalue weighted by molar-refractivity contribution is 6.07. The number of nitrogens with two attached hydrogens (primary N) is 1. The number of allylic oxidation sites excluding steroid dienone is 1. The number of anilines is 2. The summed E-state index contributed by atoms with van der Waals surface area (Å²) in [7, 11) is 2.36. The number of nitriles is 1. The van der Waals surface area contributed by atoms with Crippen LogP contribution in [0.5, 0.6) is 0 Å². The fourth-order valence-corrected chi connectivity index (χ4v) is 3.98. The number of ether oxygens (including phenoxy) is 2. The third kappa shape index (κ3) is 4.79. The maximum Gasteiger partial charge on any atom is 0.355 e. The summed E-state index contributed by atoms with van der Waals surface area (Å²) in [5.74, 6) is -3.25. The van der Waals surface area contributed by atoms with Crippen LogP contribution >= 0.6 is 0 Å². The lowest BCUT2D eigenvalue weighted by atomic mass is 9.81. The molecule has 36 heavy (non-hydrogen) atoms. The molecular weight excluding hydrogens is 460 g/mol. The lowest BCUT2D eigenvalue weighted by molar-refractivity contribution is -0.139. The quantitative estimate of drug-likeness (QED) is 0.565. The summed E-state index contributed by atoms with van der Waals surface area (Å²) >= 11 is 0. The molecule has 2 aromatic carbocycles. The fraction of sp³-hybridized carbons (Fsp3) is 0.259. The Morgan fingerprint density at radius 2 is 1.67 bits per heavy atom. The number of carbonyl (C=O) groups is 3. The first-order chi connectivity index (χ1) is 17.3. The normalized spacial score (nSPS) is 16.2. The topological polar surface area (TPSA) is 135 Å². The van der Waals surface area contributed by atoms with E-state index in [0.717, 1.165) is 0 Å². The first kappa shape index (κ1) is 26.0. The highest BCUT2D eigenvalue weighted by Gasteiger charge is 2.43. The van der Waals surface area contributed by atoms with Crippen LogP contribution in [0, 0.1) is 17.2 Å². The summed E-state index contributed by atoms with van der Waals surface area (Å²) in [6, 6.07) is 17.5. The van der Waals surface area contributed by atoms with Gasteiger partial charge in [-0.3, -0.25) is 9.69 Å². The number of nitrogens with one attached hydrogen (secondary N) is 1. The number of para-hydroxylation sites is 2. The standard InChI is InChI=1S/C27H28N4O5/c1-5-16(2)25(32)30-19-13-9-10-14-20(19)31-23(27(34)36-4)22(26(33)35-3)21(18(15-28)24(31)29)17-11-7-6-8-12-17/h6-14,16,21H,5,29H2,1-4H3,(H,30,32). The number of methoxy groups -OCH3 is 2. The van der Waals surface area contributed by atoms with Crippen LogP contribution in [-0.4, -0.2) is 32.1 Å². The second kappa shape index (κ2) is 11.2. The maximum atomic E-state index is 13.2. The number of amides is 1. The molecule has 0 saturated heterocycles. The molecule has 0 fully saturated rings. The van der Waals surface area contributed by atoms with E-state index in [2.05, 4.69) is 11.4 Å². The van der Waals surface area contributed by atoms with Gasteiger partial charge in [-0.15, -0.1) is 0 Å². The van der Waals surface area contributed by atoms with Gasteiger partial charge in [-0.2, -0.15) is 5.26 Å². The van der Waals surface area contributed by atoms with Crippen LogP contribution in [0.25, 0.3) is 0 Å². The van der Waals surface area contributed by atoms with Crippen molar-refractivity contribution in [2.45, 2.75) is 26.2 Å². The van der Waals surface area contributed by atoms with Crippen LogP contribution in [0.2, 0.25) is 0 Å². The van der Waals surface area contributed by atoms with Crippen LogP contribution in [0.15, 0.2) is 77.3 Å². The van der Waals surface area contributed by atoms with Crippen molar-refractivity contribution in [2.75, 3.05) is 24.4 Å². The summed E-state index contributed by atoms with van der Waals surface area (Å²) in [5, 5.41) is 13.0. The molecule has 1 amide bonds. The predicted octanol–water partition coefficient (Wildman–Crippen LogP) is 3.57. The van der Waals surface area contributed by atoms with E-state index >= 15 is 0 Å². The van der Waals surface area contributed by atoms with E-state index in [0.29, 0.717) is 17.7 Å². The van der Waals surface area contributed by atoms with E-state index in [-0.39, 0.29) is 40.2 Å². The Morgan fingerprint density at radius 3 is 2.25 bits per heavy atom. The molecule has 2 unspecified atom stereocenters. The summed E-state index contributed by atoms with van der Waals surface area (Å²) in [5.41, 5.74) is 7.46. The molecule has 0 aromatic heterocycles. The van der Waals surface area contributed by atoms with E-state index in [9.17, 15) is 19.6 Å². The van der Waals surface area contributed by atoms with Crippen LogP contribution in [0.3, 0.4) is 0 Å². The Balaban J connectivity index is 2.36. The average molecular weight is 489 g/mol. The number of carbonyl (C=O) groups excluding carboxylic acids is 3. The predicted molar refractivity (Wildman–Crippen MR) is 134 cm³/mol. The van der Waals surface area contributed by atoms with Crippen molar-refractivity contribution in [3.63, 3.8) is 0 Å². The van der Waals surface area contributed by atoms with Crippen LogP contribution in [0.4, 0.5) is 11.4 Å². The number of nitrogens with zero attached hydrogens (tertiary/aromatic N) is 2. The molecule has 9 heteroatoms. The van der Waals surface area contributed by atoms with Crippen LogP contribution < -0.4 is 16.0 Å². The summed E-state index contributed by atoms with van der Waals surface area (Å²) in [6.07, 6.45) is 0.622. The van der Waals surface area contributed by atoms with E-state index in [1.54, 1.807) is 61.5 Å². The van der Waals surface area contributed by atoms with Gasteiger partial charge in [-0.05, 0) is 24.1 Å². The number of benzene rings is 2. The van der Waals surface area contributed by atoms with E-state index < -0.39 is 17.9 Å². The van der Waals surface area contributed by atoms with Crippen molar-refractivity contribution < 1.29 is 23.9 Å². The first-order valence-electron chi connectivity index (χ1n) is 11.4. The van der Waals surface area contributed by atoms with Gasteiger partial charge >= 0.3 is 11.9 Å². The molecule has 2 aromatic rings. The SMILES string of the molecule is CCC(C)C(=O)Nc1ccccc1N1C(N)=C(C#N)C(c2ccccc2)C(C(=O)OC)=C1C(=O)OC. The Labute approximate surface area is 209 Å². The van der Waals surface area contributed by atoms with Gasteiger partial charge in [0, 0.05) is 5.92 Å². The number of esters is 2. The molecule has 3 rings (SSSR count). The van der Waals surface area contributed by atoms with Crippen molar-refractivity contribution in [3.05, 3.63) is 82.8 Å². The number of rotatable bonds is 7. The van der Waals surface area contributed by atoms with Crippen molar-refractivity contribution >= 4 is 29.2 Å². The second-order valence-corrected chi connectivity index (χ2v) is 8.15. The molecule has 1 aliphatic rings. The molecule has 186 valence electrons. The largest absolute Gasteiger partial charge is 0.466 e. The van der Waals surface area contributed by atoms with Crippen molar-refractivity contribution in [1.82, 2.24) is 0 Å². The third-order valence-corrected chi connectivity index (χ3v) is 6.07. The van der Waals surface area contributed by atoms with Gasteiger partial charge in [0.25, 0.3) is 0 Å². The Hall–Kier alpha value is -4.58. The Morgan fingerprint density at radius 1 is 1.06 bits per heavy atom. The summed E-state index contributed by atoms with van der Waals surface area (Å²) in [6.45, 7) is 3.69. The minimum Gasteiger partial charge on any atom is -0.466 e. The molecule has 0 spiro atoms. The minimum atomic E-state index is -0.976. The summed E-state index contributed by atoms with van der Waals surface area (Å²) in [4.78, 5) is 40.3. The summed E-state index contributed by atoms with van der Waals surface area (Å²) < 4.78 is 10.1. The highest BCUT2D eigenvalue weighted by Crippen LogP contribution is 2.44. The number of hydrogen-bond donors (Lipinski definition) is 2. The lowest BCUT2D eigenvalue weighted by Gasteiger charge is -2.36. The molecule has 1 aliphatic heterocycles. The zero-order valence-electron chi connectivity index (χ0n) is 20.6. The zero-order valence-corrected chi connectivity index (χ0v) is 20.6. The van der Waals surface area contributed by atoms with Gasteiger partial charge in [0.2, 0.25) is 5.91 Å². The highest BCUT2D eigenvalue weighted by atomic mass is 16.5. The molecule has 0 bridgehead atoms. The van der Waals surface area contributed by atoms with Gasteiger partial charge in [-0.25, -0.2) is 9.59 Å². The van der Waals surface area contributed by atoms with Crippen molar-refractivity contribution in [1.29, 1.82) is 5.26 Å². The molecule has 0 saturated carbocycles. The monoisotopic (exact) mass is 488 g/mol. The van der Waals surface area contributed by atoms with Gasteiger partial charge in [-0.1, -0.05) is 56.3 Å². The first-order valence-corrected chi connectivity index (χ1v) is 11.4. The number of hydrogen-bond acceptors (Lipinski definition) is 8. The molecule has 3 N–H and O–H groups in total.